The zero-order chi connectivity index (χ0) is 18.2. The molecule has 0 unspecified atom stereocenters. The van der Waals surface area contributed by atoms with E-state index in [4.69, 9.17) is 28.4 Å². The number of hydrogen-bond acceptors (Lipinski definition) is 6. The molecule has 134 valence electrons. The van der Waals surface area contributed by atoms with Gasteiger partial charge in [0.25, 0.3) is 0 Å². The van der Waals surface area contributed by atoms with E-state index in [1.54, 1.807) is 0 Å². The van der Waals surface area contributed by atoms with Gasteiger partial charge in [0, 0.05) is 0 Å². The molecule has 0 aliphatic carbocycles. The third-order valence-corrected chi connectivity index (χ3v) is 2.86. The van der Waals surface area contributed by atoms with Crippen molar-refractivity contribution in [1.29, 1.82) is 0 Å². The molecule has 6 nitrogen and oxygen atoms in total. The Labute approximate surface area is 143 Å². The van der Waals surface area contributed by atoms with Crippen molar-refractivity contribution in [3.8, 4) is 0 Å². The van der Waals surface area contributed by atoms with Crippen LogP contribution in [0.1, 0.15) is 0 Å². The highest BCUT2D eigenvalue weighted by Gasteiger charge is 2.40. The molecule has 0 saturated carbocycles. The average Bonchev–Trinajstić information content (AvgIpc) is 2.59. The van der Waals surface area contributed by atoms with Crippen LogP contribution in [0.5, 0.6) is 0 Å². The maximum Gasteiger partial charge on any atom is 0.178 e. The summed E-state index contributed by atoms with van der Waals surface area (Å²) in [4.78, 5) is 0. The highest BCUT2D eigenvalue weighted by atomic mass is 16.6. The van der Waals surface area contributed by atoms with Gasteiger partial charge in [-0.2, -0.15) is 0 Å². The summed E-state index contributed by atoms with van der Waals surface area (Å²) in [6.45, 7) is 21.6. The van der Waals surface area contributed by atoms with E-state index in [2.05, 4.69) is 39.5 Å². The van der Waals surface area contributed by atoms with Gasteiger partial charge in [-0.3, -0.25) is 0 Å². The second-order valence-corrected chi connectivity index (χ2v) is 4.22. The first-order chi connectivity index (χ1) is 11.7. The van der Waals surface area contributed by atoms with Gasteiger partial charge in [0.05, 0.1) is 37.6 Å². The third-order valence-electron chi connectivity index (χ3n) is 2.86. The average molecular weight is 338 g/mol. The van der Waals surface area contributed by atoms with Crippen LogP contribution in [0.3, 0.4) is 0 Å². The predicted octanol–water partition coefficient (Wildman–Crippen LogP) is 3.42. The summed E-state index contributed by atoms with van der Waals surface area (Å²) in [6.07, 6.45) is 5.21. The predicted molar refractivity (Wildman–Crippen MR) is 92.6 cm³/mol. The van der Waals surface area contributed by atoms with E-state index in [0.717, 1.165) is 0 Å². The van der Waals surface area contributed by atoms with Gasteiger partial charge in [0.1, 0.15) is 13.2 Å². The van der Waals surface area contributed by atoms with E-state index in [9.17, 15) is 0 Å². The first-order valence-electron chi connectivity index (χ1n) is 7.20. The van der Waals surface area contributed by atoms with Crippen LogP contribution in [0.2, 0.25) is 0 Å². The van der Waals surface area contributed by atoms with Crippen molar-refractivity contribution in [2.45, 2.75) is 24.4 Å². The lowest BCUT2D eigenvalue weighted by atomic mass is 10.0. The summed E-state index contributed by atoms with van der Waals surface area (Å²) in [5, 5.41) is 0. The van der Waals surface area contributed by atoms with Crippen molar-refractivity contribution in [3.63, 3.8) is 0 Å². The summed E-state index contributed by atoms with van der Waals surface area (Å²) in [6, 6.07) is 0. The highest BCUT2D eigenvalue weighted by Crippen LogP contribution is 2.20. The van der Waals surface area contributed by atoms with Gasteiger partial charge in [-0.15, -0.1) is 0 Å². The van der Waals surface area contributed by atoms with Crippen molar-refractivity contribution in [2.24, 2.45) is 0 Å². The second-order valence-electron chi connectivity index (χ2n) is 4.22. The Balaban J connectivity index is 5.52. The van der Waals surface area contributed by atoms with E-state index in [1.807, 2.05) is 0 Å². The summed E-state index contributed by atoms with van der Waals surface area (Å²) in [7, 11) is 0. The molecule has 0 heterocycles. The fourth-order valence-corrected chi connectivity index (χ4v) is 1.97. The Bertz CT molecular complexity index is 368. The molecule has 0 aromatic heterocycles. The molecule has 0 rings (SSSR count). The molecule has 0 aromatic rings. The van der Waals surface area contributed by atoms with Crippen molar-refractivity contribution >= 4 is 0 Å². The molecule has 0 aliphatic heterocycles. The number of rotatable bonds is 17. The molecule has 0 spiro atoms. The Morgan fingerprint density at radius 1 is 0.500 bits per heavy atom. The minimum absolute atomic E-state index is 0.147. The van der Waals surface area contributed by atoms with Crippen LogP contribution in [0.25, 0.3) is 0 Å². The minimum Gasteiger partial charge on any atom is -0.498 e. The summed E-state index contributed by atoms with van der Waals surface area (Å²) >= 11 is 0. The quantitative estimate of drug-likeness (QED) is 0.379. The van der Waals surface area contributed by atoms with Crippen LogP contribution in [-0.2, 0) is 28.4 Å². The Morgan fingerprint density at radius 2 is 0.833 bits per heavy atom. The topological polar surface area (TPSA) is 55.4 Å². The van der Waals surface area contributed by atoms with Crippen molar-refractivity contribution in [2.75, 3.05) is 13.2 Å². The van der Waals surface area contributed by atoms with Crippen molar-refractivity contribution in [1.82, 2.24) is 0 Å². The van der Waals surface area contributed by atoms with E-state index in [0.29, 0.717) is 0 Å². The van der Waals surface area contributed by atoms with Crippen LogP contribution >= 0.6 is 0 Å². The molecule has 0 N–H and O–H groups in total. The van der Waals surface area contributed by atoms with Gasteiger partial charge in [-0.25, -0.2) is 0 Å². The molecule has 0 aliphatic rings. The number of hydrogen-bond donors (Lipinski definition) is 0. The molecule has 0 saturated heterocycles. The van der Waals surface area contributed by atoms with E-state index >= 15 is 0 Å². The molecule has 0 aromatic carbocycles. The van der Waals surface area contributed by atoms with Gasteiger partial charge >= 0.3 is 0 Å². The number of ether oxygens (including phenoxy) is 6. The SMILES string of the molecule is C=COC[C@H](OC=C)[C@@H](OC=C)[C@H](OC=C)[C@@H](COC=C)OC=C. The molecule has 0 fully saturated rings. The lowest BCUT2D eigenvalue weighted by Gasteiger charge is -2.34. The fraction of sp³-hybridized carbons (Fsp3) is 0.333. The Hall–Kier alpha value is -2.76. The maximum absolute atomic E-state index is 5.58. The van der Waals surface area contributed by atoms with Crippen molar-refractivity contribution in [3.05, 3.63) is 77.0 Å². The van der Waals surface area contributed by atoms with Gasteiger partial charge < -0.3 is 28.4 Å². The summed E-state index contributed by atoms with van der Waals surface area (Å²) < 4.78 is 32.6. The zero-order valence-electron chi connectivity index (χ0n) is 13.9. The molecular formula is C18H26O6. The first kappa shape index (κ1) is 21.2. The largest absolute Gasteiger partial charge is 0.498 e. The van der Waals surface area contributed by atoms with E-state index in [1.165, 1.54) is 37.6 Å². The smallest absolute Gasteiger partial charge is 0.178 e. The van der Waals surface area contributed by atoms with Gasteiger partial charge in [0.2, 0.25) is 0 Å². The Morgan fingerprint density at radius 3 is 1.08 bits per heavy atom. The second kappa shape index (κ2) is 13.9. The van der Waals surface area contributed by atoms with Crippen LogP contribution in [0.4, 0.5) is 0 Å². The molecule has 4 atom stereocenters. The van der Waals surface area contributed by atoms with Crippen LogP contribution in [0.15, 0.2) is 77.0 Å². The van der Waals surface area contributed by atoms with Crippen LogP contribution < -0.4 is 0 Å². The summed E-state index contributed by atoms with van der Waals surface area (Å²) in [5.74, 6) is 0. The minimum atomic E-state index is -0.670. The molecule has 0 bridgehead atoms. The fourth-order valence-electron chi connectivity index (χ4n) is 1.97. The molecule has 24 heavy (non-hydrogen) atoms. The lowest BCUT2D eigenvalue weighted by Crippen LogP contribution is -2.50. The van der Waals surface area contributed by atoms with Gasteiger partial charge in [0.15, 0.2) is 24.4 Å². The third kappa shape index (κ3) is 7.49. The molecule has 0 amide bonds. The van der Waals surface area contributed by atoms with E-state index in [-0.39, 0.29) is 13.2 Å². The highest BCUT2D eigenvalue weighted by molar-refractivity contribution is 4.90. The molecule has 6 heteroatoms. The van der Waals surface area contributed by atoms with Gasteiger partial charge in [-0.1, -0.05) is 39.5 Å². The maximum atomic E-state index is 5.58. The first-order valence-corrected chi connectivity index (χ1v) is 7.20. The van der Waals surface area contributed by atoms with Crippen LogP contribution in [0, 0.1) is 0 Å². The normalized spacial score (nSPS) is 14.5. The van der Waals surface area contributed by atoms with E-state index < -0.39 is 24.4 Å². The molecular weight excluding hydrogens is 312 g/mol. The summed E-state index contributed by atoms with van der Waals surface area (Å²) in [5.41, 5.74) is 0. The lowest BCUT2D eigenvalue weighted by molar-refractivity contribution is -0.135. The molecule has 0 radical (unpaired) electrons. The zero-order valence-corrected chi connectivity index (χ0v) is 13.9. The van der Waals surface area contributed by atoms with Crippen molar-refractivity contribution < 1.29 is 28.4 Å². The Kier molecular flexibility index (Phi) is 12.3. The van der Waals surface area contributed by atoms with Crippen LogP contribution in [-0.4, -0.2) is 37.6 Å². The standard InChI is InChI=1S/C18H26O6/c1-7-19-13-15(21-9-3)17(23-11-5)18(24-12-6)16(22-10-4)14-20-8-2/h7-12,15-18H,1-6,13-14H2/t15-,16+,17-,18-/m1/s1. The monoisotopic (exact) mass is 338 g/mol. The van der Waals surface area contributed by atoms with Gasteiger partial charge in [-0.05, 0) is 0 Å².